The van der Waals surface area contributed by atoms with Crippen molar-refractivity contribution in [3.8, 4) is 0 Å². The van der Waals surface area contributed by atoms with Crippen LogP contribution in [0.2, 0.25) is 0 Å². The Bertz CT molecular complexity index is 1240. The number of benzene rings is 2. The molecule has 0 spiro atoms. The monoisotopic (exact) mass is 476 g/mol. The number of para-hydroxylation sites is 1. The predicted molar refractivity (Wildman–Crippen MR) is 138 cm³/mol. The Kier molecular flexibility index (Phi) is 6.76. The maximum absolute atomic E-state index is 13.1. The van der Waals surface area contributed by atoms with Crippen LogP contribution in [0.25, 0.3) is 10.9 Å². The smallest absolute Gasteiger partial charge is 0.243 e. The summed E-state index contributed by atoms with van der Waals surface area (Å²) in [5.74, 6) is 1.71. The lowest BCUT2D eigenvalue weighted by Crippen LogP contribution is -2.39. The van der Waals surface area contributed by atoms with Gasteiger partial charge in [-0.3, -0.25) is 4.98 Å². The number of piperidine rings is 1. The summed E-state index contributed by atoms with van der Waals surface area (Å²) in [4.78, 5) is 5.55. The van der Waals surface area contributed by atoms with E-state index in [1.807, 2.05) is 19.1 Å². The standard InChI is InChI=1S/C29H36N2O2S/c1-21-11-13-25(14-12-21)34(32,33)31-17-15-23(16-18-31)20-27(24-7-3-4-8-24)29-19-22(2)26-9-5-6-10-28(26)30-29/h5-6,9-14,19,23-24,27H,3-4,7-8,15-18,20H2,1-2H3. The molecule has 3 aromatic rings. The molecule has 180 valence electrons. The van der Waals surface area contributed by atoms with Gasteiger partial charge in [0.05, 0.1) is 10.4 Å². The second kappa shape index (κ2) is 9.79. The van der Waals surface area contributed by atoms with E-state index in [9.17, 15) is 8.42 Å². The number of rotatable bonds is 6. The van der Waals surface area contributed by atoms with Gasteiger partial charge in [-0.05, 0) is 87.6 Å². The minimum Gasteiger partial charge on any atom is -0.253 e. The number of sulfonamides is 1. The third kappa shape index (κ3) is 4.78. The van der Waals surface area contributed by atoms with Gasteiger partial charge >= 0.3 is 0 Å². The molecule has 1 aromatic heterocycles. The van der Waals surface area contributed by atoms with Gasteiger partial charge in [0.1, 0.15) is 0 Å². The number of aryl methyl sites for hydroxylation is 2. The lowest BCUT2D eigenvalue weighted by molar-refractivity contribution is 0.234. The van der Waals surface area contributed by atoms with E-state index in [0.29, 0.717) is 35.7 Å². The van der Waals surface area contributed by atoms with Gasteiger partial charge in [0.2, 0.25) is 10.0 Å². The van der Waals surface area contributed by atoms with Crippen molar-refractivity contribution in [2.24, 2.45) is 11.8 Å². The summed E-state index contributed by atoms with van der Waals surface area (Å²) in [7, 11) is -3.41. The van der Waals surface area contributed by atoms with Crippen molar-refractivity contribution in [3.05, 3.63) is 71.4 Å². The Labute approximate surface area is 204 Å². The summed E-state index contributed by atoms with van der Waals surface area (Å²) in [6.45, 7) is 5.41. The molecule has 5 heteroatoms. The number of aromatic nitrogens is 1. The van der Waals surface area contributed by atoms with Crippen LogP contribution < -0.4 is 0 Å². The van der Waals surface area contributed by atoms with Crippen molar-refractivity contribution in [1.29, 1.82) is 0 Å². The Balaban J connectivity index is 1.32. The van der Waals surface area contributed by atoms with Crippen LogP contribution in [0.5, 0.6) is 0 Å². The minimum absolute atomic E-state index is 0.413. The van der Waals surface area contributed by atoms with Gasteiger partial charge in [-0.25, -0.2) is 8.42 Å². The molecular weight excluding hydrogens is 440 g/mol. The zero-order chi connectivity index (χ0) is 23.7. The predicted octanol–water partition coefficient (Wildman–Crippen LogP) is 6.62. The summed E-state index contributed by atoms with van der Waals surface area (Å²) in [6, 6.07) is 18.0. The van der Waals surface area contributed by atoms with Gasteiger partial charge in [-0.2, -0.15) is 4.31 Å². The molecule has 0 radical (unpaired) electrons. The summed E-state index contributed by atoms with van der Waals surface area (Å²) in [6.07, 6.45) is 8.20. The molecule has 1 saturated carbocycles. The molecule has 1 atom stereocenters. The highest BCUT2D eigenvalue weighted by Crippen LogP contribution is 2.43. The molecule has 2 aromatic carbocycles. The number of nitrogens with zero attached hydrogens (tertiary/aromatic N) is 2. The molecule has 0 N–H and O–H groups in total. The molecule has 1 aliphatic carbocycles. The highest BCUT2D eigenvalue weighted by molar-refractivity contribution is 7.89. The van der Waals surface area contributed by atoms with E-state index in [0.717, 1.165) is 30.3 Å². The third-order valence-corrected chi connectivity index (χ3v) is 10.0. The molecule has 0 bridgehead atoms. The average molecular weight is 477 g/mol. The largest absolute Gasteiger partial charge is 0.253 e. The van der Waals surface area contributed by atoms with E-state index in [4.69, 9.17) is 4.98 Å². The van der Waals surface area contributed by atoms with E-state index in [1.54, 1.807) is 16.4 Å². The second-order valence-corrected chi connectivity index (χ2v) is 12.4. The van der Waals surface area contributed by atoms with Crippen molar-refractivity contribution in [2.75, 3.05) is 13.1 Å². The quantitative estimate of drug-likeness (QED) is 0.402. The van der Waals surface area contributed by atoms with Gasteiger partial charge in [0.15, 0.2) is 0 Å². The van der Waals surface area contributed by atoms with Crippen molar-refractivity contribution in [1.82, 2.24) is 9.29 Å². The summed E-state index contributed by atoms with van der Waals surface area (Å²) < 4.78 is 28.0. The van der Waals surface area contributed by atoms with Crippen LogP contribution in [0, 0.1) is 25.7 Å². The molecule has 34 heavy (non-hydrogen) atoms. The van der Waals surface area contributed by atoms with E-state index in [2.05, 4.69) is 37.3 Å². The van der Waals surface area contributed by atoms with Crippen LogP contribution in [0.4, 0.5) is 0 Å². The van der Waals surface area contributed by atoms with E-state index in [1.165, 1.54) is 42.3 Å². The number of pyridine rings is 1. The summed E-state index contributed by atoms with van der Waals surface area (Å²) in [5.41, 5.74) is 4.73. The zero-order valence-electron chi connectivity index (χ0n) is 20.4. The van der Waals surface area contributed by atoms with Gasteiger partial charge in [0.25, 0.3) is 0 Å². The number of hydrogen-bond donors (Lipinski definition) is 0. The van der Waals surface area contributed by atoms with Gasteiger partial charge < -0.3 is 0 Å². The lowest BCUT2D eigenvalue weighted by atomic mass is 9.78. The van der Waals surface area contributed by atoms with Crippen molar-refractivity contribution in [2.45, 2.75) is 69.6 Å². The maximum Gasteiger partial charge on any atom is 0.243 e. The Morgan fingerprint density at radius 2 is 1.62 bits per heavy atom. The number of fused-ring (bicyclic) bond motifs is 1. The summed E-state index contributed by atoms with van der Waals surface area (Å²) in [5, 5.41) is 1.24. The van der Waals surface area contributed by atoms with Crippen LogP contribution >= 0.6 is 0 Å². The van der Waals surface area contributed by atoms with E-state index >= 15 is 0 Å². The maximum atomic E-state index is 13.1. The van der Waals surface area contributed by atoms with Crippen molar-refractivity contribution in [3.63, 3.8) is 0 Å². The summed E-state index contributed by atoms with van der Waals surface area (Å²) >= 11 is 0. The first-order chi connectivity index (χ1) is 16.4. The van der Waals surface area contributed by atoms with Crippen LogP contribution in [-0.4, -0.2) is 30.8 Å². The highest BCUT2D eigenvalue weighted by Gasteiger charge is 2.34. The molecule has 2 fully saturated rings. The first-order valence-electron chi connectivity index (χ1n) is 12.8. The van der Waals surface area contributed by atoms with E-state index < -0.39 is 10.0 Å². The lowest BCUT2D eigenvalue weighted by Gasteiger charge is -2.34. The molecule has 2 aliphatic rings. The van der Waals surface area contributed by atoms with Crippen molar-refractivity contribution < 1.29 is 8.42 Å². The van der Waals surface area contributed by atoms with Gasteiger partial charge in [-0.15, -0.1) is 0 Å². The van der Waals surface area contributed by atoms with E-state index in [-0.39, 0.29) is 0 Å². The van der Waals surface area contributed by atoms with Gasteiger partial charge in [0, 0.05) is 30.1 Å². The normalized spacial score (nSPS) is 19.6. The molecule has 4 nitrogen and oxygen atoms in total. The fraction of sp³-hybridized carbons (Fsp3) is 0.483. The molecule has 1 unspecified atom stereocenters. The molecular formula is C29H36N2O2S. The third-order valence-electron chi connectivity index (χ3n) is 8.11. The SMILES string of the molecule is Cc1ccc(S(=O)(=O)N2CCC(CC(c3cc(C)c4ccccc4n3)C3CCCC3)CC2)cc1. The Morgan fingerprint density at radius 3 is 2.32 bits per heavy atom. The van der Waals surface area contributed by atoms with Crippen LogP contribution in [-0.2, 0) is 10.0 Å². The zero-order valence-corrected chi connectivity index (χ0v) is 21.2. The fourth-order valence-electron chi connectivity index (χ4n) is 6.08. The Hall–Kier alpha value is -2.24. The van der Waals surface area contributed by atoms with Crippen LogP contribution in [0.15, 0.2) is 59.5 Å². The Morgan fingerprint density at radius 1 is 0.941 bits per heavy atom. The minimum atomic E-state index is -3.41. The first kappa shape index (κ1) is 23.5. The molecule has 5 rings (SSSR count). The molecule has 1 aliphatic heterocycles. The van der Waals surface area contributed by atoms with Gasteiger partial charge in [-0.1, -0.05) is 48.7 Å². The fourth-order valence-corrected chi connectivity index (χ4v) is 7.55. The van der Waals surface area contributed by atoms with Crippen molar-refractivity contribution >= 4 is 20.9 Å². The first-order valence-corrected chi connectivity index (χ1v) is 14.3. The average Bonchev–Trinajstić information content (AvgIpc) is 3.38. The number of hydrogen-bond acceptors (Lipinski definition) is 3. The van der Waals surface area contributed by atoms with Crippen LogP contribution in [0.3, 0.4) is 0 Å². The highest BCUT2D eigenvalue weighted by atomic mass is 32.2. The molecule has 0 amide bonds. The molecule has 2 heterocycles. The second-order valence-electron chi connectivity index (χ2n) is 10.4. The van der Waals surface area contributed by atoms with Crippen LogP contribution in [0.1, 0.15) is 67.7 Å². The molecule has 1 saturated heterocycles. The topological polar surface area (TPSA) is 50.3 Å².